The summed E-state index contributed by atoms with van der Waals surface area (Å²) < 4.78 is 8.40. The lowest BCUT2D eigenvalue weighted by Crippen LogP contribution is -2.54. The molecule has 1 aliphatic rings. The summed E-state index contributed by atoms with van der Waals surface area (Å²) in [6.07, 6.45) is 0.685. The number of nitrogens with zero attached hydrogens (tertiary/aromatic N) is 4. The molecule has 2 aromatic carbocycles. The van der Waals surface area contributed by atoms with Crippen molar-refractivity contribution in [3.8, 4) is 5.69 Å². The average Bonchev–Trinajstić information content (AvgIpc) is 3.29. The fraction of sp³-hybridized carbons (Fsp3) is 0.320. The molecule has 1 unspecified atom stereocenters. The zero-order chi connectivity index (χ0) is 24.1. The van der Waals surface area contributed by atoms with E-state index in [4.69, 9.17) is 4.42 Å². The molecule has 0 bridgehead atoms. The lowest BCUT2D eigenvalue weighted by molar-refractivity contribution is 0.136. The number of benzene rings is 2. The molecule has 4 aromatic rings. The van der Waals surface area contributed by atoms with E-state index in [1.54, 1.807) is 10.8 Å². The molecule has 0 radical (unpaired) electrons. The SMILES string of the molecule is CC(C)c1ccccc1-n1c(=O)nc(N2CCN(C(=O)O)CC2C)c2c3occc3c(Br)cc21. The summed E-state index contributed by atoms with van der Waals surface area (Å²) in [4.78, 5) is 33.1. The number of carboxylic acid groups (broad SMARTS) is 1. The van der Waals surface area contributed by atoms with Gasteiger partial charge in [-0.15, -0.1) is 0 Å². The van der Waals surface area contributed by atoms with E-state index < -0.39 is 6.09 Å². The smallest absolute Gasteiger partial charge is 0.407 e. The largest absolute Gasteiger partial charge is 0.465 e. The molecule has 176 valence electrons. The molecule has 0 aliphatic carbocycles. The highest BCUT2D eigenvalue weighted by molar-refractivity contribution is 9.10. The number of anilines is 1. The predicted molar refractivity (Wildman–Crippen MR) is 135 cm³/mol. The van der Waals surface area contributed by atoms with Crippen LogP contribution in [0.15, 0.2) is 56.3 Å². The minimum atomic E-state index is -0.942. The Hall–Kier alpha value is -3.33. The fourth-order valence-corrected chi connectivity index (χ4v) is 5.36. The van der Waals surface area contributed by atoms with E-state index in [0.717, 1.165) is 26.5 Å². The molecule has 8 nitrogen and oxygen atoms in total. The molecule has 3 heterocycles. The Morgan fingerprint density at radius 3 is 2.71 bits per heavy atom. The molecule has 1 amide bonds. The molecule has 34 heavy (non-hydrogen) atoms. The third kappa shape index (κ3) is 3.55. The molecule has 1 atom stereocenters. The second kappa shape index (κ2) is 8.47. The Labute approximate surface area is 204 Å². The number of para-hydroxylation sites is 1. The van der Waals surface area contributed by atoms with Crippen LogP contribution < -0.4 is 10.6 Å². The number of piperazine rings is 1. The molecule has 0 spiro atoms. The first kappa shape index (κ1) is 22.5. The molecule has 5 rings (SSSR count). The quantitative estimate of drug-likeness (QED) is 0.395. The van der Waals surface area contributed by atoms with Crippen LogP contribution >= 0.6 is 15.9 Å². The van der Waals surface area contributed by atoms with Crippen LogP contribution in [0.4, 0.5) is 10.6 Å². The van der Waals surface area contributed by atoms with Crippen LogP contribution in [0.5, 0.6) is 0 Å². The Bertz CT molecular complexity index is 1480. The number of carbonyl (C=O) groups is 1. The predicted octanol–water partition coefficient (Wildman–Crippen LogP) is 5.21. The Balaban J connectivity index is 1.82. The lowest BCUT2D eigenvalue weighted by atomic mass is 10.0. The maximum Gasteiger partial charge on any atom is 0.407 e. The lowest BCUT2D eigenvalue weighted by Gasteiger charge is -2.39. The van der Waals surface area contributed by atoms with Crippen molar-refractivity contribution in [2.75, 3.05) is 24.5 Å². The van der Waals surface area contributed by atoms with Crippen molar-refractivity contribution in [3.63, 3.8) is 0 Å². The highest BCUT2D eigenvalue weighted by Crippen LogP contribution is 2.38. The van der Waals surface area contributed by atoms with Gasteiger partial charge in [0.1, 0.15) is 11.4 Å². The van der Waals surface area contributed by atoms with E-state index in [0.29, 0.717) is 36.6 Å². The van der Waals surface area contributed by atoms with Crippen LogP contribution in [0, 0.1) is 0 Å². The van der Waals surface area contributed by atoms with Crippen molar-refractivity contribution in [1.29, 1.82) is 0 Å². The van der Waals surface area contributed by atoms with E-state index in [2.05, 4.69) is 34.8 Å². The Kier molecular flexibility index (Phi) is 5.59. The van der Waals surface area contributed by atoms with Gasteiger partial charge in [-0.2, -0.15) is 4.98 Å². The van der Waals surface area contributed by atoms with E-state index in [-0.39, 0.29) is 17.6 Å². The summed E-state index contributed by atoms with van der Waals surface area (Å²) in [7, 11) is 0. The summed E-state index contributed by atoms with van der Waals surface area (Å²) >= 11 is 3.65. The molecule has 0 saturated carbocycles. The highest BCUT2D eigenvalue weighted by atomic mass is 79.9. The van der Waals surface area contributed by atoms with Gasteiger partial charge in [0.2, 0.25) is 0 Å². The second-order valence-corrected chi connectivity index (χ2v) is 9.81. The van der Waals surface area contributed by atoms with E-state index in [1.807, 2.05) is 48.2 Å². The molecular weight excluding hydrogens is 500 g/mol. The van der Waals surface area contributed by atoms with Gasteiger partial charge in [-0.3, -0.25) is 4.57 Å². The van der Waals surface area contributed by atoms with Gasteiger partial charge >= 0.3 is 11.8 Å². The molecule has 1 fully saturated rings. The number of fused-ring (bicyclic) bond motifs is 3. The minimum Gasteiger partial charge on any atom is -0.465 e. The second-order valence-electron chi connectivity index (χ2n) is 8.95. The first-order valence-corrected chi connectivity index (χ1v) is 12.0. The number of aromatic nitrogens is 2. The number of hydrogen-bond acceptors (Lipinski definition) is 5. The number of rotatable bonds is 3. The van der Waals surface area contributed by atoms with Crippen molar-refractivity contribution >= 4 is 49.7 Å². The van der Waals surface area contributed by atoms with Crippen LogP contribution in [-0.4, -0.2) is 51.3 Å². The third-order valence-electron chi connectivity index (χ3n) is 6.50. The van der Waals surface area contributed by atoms with Crippen molar-refractivity contribution in [3.05, 3.63) is 63.2 Å². The van der Waals surface area contributed by atoms with E-state index in [9.17, 15) is 14.7 Å². The van der Waals surface area contributed by atoms with Crippen LogP contribution in [0.3, 0.4) is 0 Å². The number of amides is 1. The molecule has 1 N–H and O–H groups in total. The van der Waals surface area contributed by atoms with Crippen LogP contribution in [0.25, 0.3) is 27.6 Å². The fourth-order valence-electron chi connectivity index (χ4n) is 4.84. The summed E-state index contributed by atoms with van der Waals surface area (Å²) in [5.41, 5.74) is 2.76. The molecule has 1 saturated heterocycles. The maximum absolute atomic E-state index is 13.6. The van der Waals surface area contributed by atoms with Gasteiger partial charge in [-0.1, -0.05) is 32.0 Å². The van der Waals surface area contributed by atoms with Crippen molar-refractivity contribution in [2.45, 2.75) is 32.7 Å². The third-order valence-corrected chi connectivity index (χ3v) is 7.15. The van der Waals surface area contributed by atoms with E-state index >= 15 is 0 Å². The summed E-state index contributed by atoms with van der Waals surface area (Å²) in [6.45, 7) is 7.23. The first-order valence-electron chi connectivity index (χ1n) is 11.2. The van der Waals surface area contributed by atoms with Gasteiger partial charge in [0.25, 0.3) is 0 Å². The van der Waals surface area contributed by atoms with Gasteiger partial charge in [-0.25, -0.2) is 9.59 Å². The Morgan fingerprint density at radius 1 is 1.24 bits per heavy atom. The zero-order valence-corrected chi connectivity index (χ0v) is 20.7. The average molecular weight is 525 g/mol. The van der Waals surface area contributed by atoms with Gasteiger partial charge in [0.05, 0.1) is 22.9 Å². The van der Waals surface area contributed by atoms with Gasteiger partial charge in [0.15, 0.2) is 0 Å². The first-order chi connectivity index (χ1) is 16.3. The number of halogens is 1. The highest BCUT2D eigenvalue weighted by Gasteiger charge is 2.31. The summed E-state index contributed by atoms with van der Waals surface area (Å²) in [5.74, 6) is 0.723. The molecular formula is C25H25BrN4O4. The van der Waals surface area contributed by atoms with Crippen LogP contribution in [0.1, 0.15) is 32.3 Å². The number of hydrogen-bond donors (Lipinski definition) is 1. The standard InChI is InChI=1S/C25H25BrN4O4/c1-14(2)16-6-4-5-7-19(16)30-20-12-18(26)17-8-11-34-22(17)21(20)23(27-24(30)31)29-10-9-28(25(32)33)13-15(29)3/h4-8,11-12,14-15H,9-10,13H2,1-3H3,(H,32,33). The van der Waals surface area contributed by atoms with Crippen molar-refractivity contribution in [2.24, 2.45) is 0 Å². The number of furan rings is 1. The van der Waals surface area contributed by atoms with Crippen LogP contribution in [0.2, 0.25) is 0 Å². The molecule has 9 heteroatoms. The monoisotopic (exact) mass is 524 g/mol. The minimum absolute atomic E-state index is 0.160. The molecule has 1 aliphatic heterocycles. The topological polar surface area (TPSA) is 91.8 Å². The van der Waals surface area contributed by atoms with Gasteiger partial charge < -0.3 is 19.3 Å². The Morgan fingerprint density at radius 2 is 2.00 bits per heavy atom. The molecule has 2 aromatic heterocycles. The van der Waals surface area contributed by atoms with Crippen molar-refractivity contribution < 1.29 is 14.3 Å². The van der Waals surface area contributed by atoms with E-state index in [1.165, 1.54) is 4.90 Å². The zero-order valence-electron chi connectivity index (χ0n) is 19.2. The van der Waals surface area contributed by atoms with Gasteiger partial charge in [-0.05, 0) is 52.5 Å². The van der Waals surface area contributed by atoms with Crippen molar-refractivity contribution in [1.82, 2.24) is 14.5 Å². The van der Waals surface area contributed by atoms with Crippen LogP contribution in [-0.2, 0) is 0 Å². The maximum atomic E-state index is 13.6. The summed E-state index contributed by atoms with van der Waals surface area (Å²) in [6, 6.07) is 11.5. The summed E-state index contributed by atoms with van der Waals surface area (Å²) in [5, 5.41) is 11.0. The van der Waals surface area contributed by atoms with Gasteiger partial charge in [0, 0.05) is 35.5 Å². The normalized spacial score (nSPS) is 16.7.